The van der Waals surface area contributed by atoms with E-state index in [1.165, 1.54) is 23.5 Å². The van der Waals surface area contributed by atoms with Crippen LogP contribution in [0.15, 0.2) is 41.1 Å². The number of carbonyl (C=O) groups is 1. The highest BCUT2D eigenvalue weighted by Crippen LogP contribution is 2.19. The first kappa shape index (κ1) is 14.1. The van der Waals surface area contributed by atoms with Crippen molar-refractivity contribution >= 4 is 22.9 Å². The number of hydrogen-bond acceptors (Lipinski definition) is 3. The van der Waals surface area contributed by atoms with Crippen molar-refractivity contribution in [3.8, 4) is 0 Å². The van der Waals surface area contributed by atoms with Crippen molar-refractivity contribution in [1.82, 2.24) is 4.90 Å². The van der Waals surface area contributed by atoms with Gasteiger partial charge >= 0.3 is 0 Å². The van der Waals surface area contributed by atoms with Crippen molar-refractivity contribution in [3.63, 3.8) is 0 Å². The van der Waals surface area contributed by atoms with Crippen LogP contribution in [0.25, 0.3) is 0 Å². The number of thiophene rings is 1. The van der Waals surface area contributed by atoms with Gasteiger partial charge in [0.1, 0.15) is 5.82 Å². The molecule has 1 fully saturated rings. The zero-order valence-electron chi connectivity index (χ0n) is 11.6. The van der Waals surface area contributed by atoms with Crippen molar-refractivity contribution in [2.45, 2.75) is 18.9 Å². The molecular weight excluding hydrogens is 287 g/mol. The van der Waals surface area contributed by atoms with Gasteiger partial charge in [0.2, 0.25) is 0 Å². The average Bonchev–Trinajstić information content (AvgIpc) is 3.01. The molecule has 1 N–H and O–H groups in total. The zero-order chi connectivity index (χ0) is 14.7. The second-order valence-electron chi connectivity index (χ2n) is 5.26. The first-order valence-corrected chi connectivity index (χ1v) is 8.00. The summed E-state index contributed by atoms with van der Waals surface area (Å²) in [5, 5.41) is 7.12. The summed E-state index contributed by atoms with van der Waals surface area (Å²) >= 11 is 1.53. The summed E-state index contributed by atoms with van der Waals surface area (Å²) in [7, 11) is 0. The Balaban J connectivity index is 1.64. The topological polar surface area (TPSA) is 32.3 Å². The molecule has 1 aromatic heterocycles. The number of piperidine rings is 1. The molecule has 3 rings (SSSR count). The van der Waals surface area contributed by atoms with Crippen molar-refractivity contribution in [2.24, 2.45) is 0 Å². The third kappa shape index (κ3) is 3.42. The van der Waals surface area contributed by atoms with Crippen LogP contribution in [0.2, 0.25) is 0 Å². The monoisotopic (exact) mass is 304 g/mol. The second kappa shape index (κ2) is 6.26. The normalized spacial score (nSPS) is 18.5. The molecule has 0 radical (unpaired) electrons. The molecule has 0 spiro atoms. The molecule has 2 aromatic rings. The van der Waals surface area contributed by atoms with Crippen molar-refractivity contribution in [3.05, 3.63) is 52.5 Å². The fourth-order valence-corrected chi connectivity index (χ4v) is 3.29. The summed E-state index contributed by atoms with van der Waals surface area (Å²) in [5.74, 6) is -0.163. The Morgan fingerprint density at radius 3 is 3.05 bits per heavy atom. The summed E-state index contributed by atoms with van der Waals surface area (Å²) in [6, 6.07) is 8.48. The SMILES string of the molecule is O=C(c1ccsc1)N1CCC[C@H](Nc2cccc(F)c2)C1. The number of benzene rings is 1. The highest BCUT2D eigenvalue weighted by atomic mass is 32.1. The number of rotatable bonds is 3. The van der Waals surface area contributed by atoms with E-state index >= 15 is 0 Å². The minimum atomic E-state index is -0.248. The van der Waals surface area contributed by atoms with Crippen LogP contribution in [-0.4, -0.2) is 29.9 Å². The van der Waals surface area contributed by atoms with E-state index in [9.17, 15) is 9.18 Å². The van der Waals surface area contributed by atoms with Crippen molar-refractivity contribution in [2.75, 3.05) is 18.4 Å². The lowest BCUT2D eigenvalue weighted by Crippen LogP contribution is -2.45. The van der Waals surface area contributed by atoms with Gasteiger partial charge in [-0.15, -0.1) is 0 Å². The molecule has 0 saturated carbocycles. The second-order valence-corrected chi connectivity index (χ2v) is 6.04. The lowest BCUT2D eigenvalue weighted by atomic mass is 10.0. The van der Waals surface area contributed by atoms with Crippen LogP contribution < -0.4 is 5.32 Å². The Kier molecular flexibility index (Phi) is 4.20. The van der Waals surface area contributed by atoms with Crippen LogP contribution in [0.4, 0.5) is 10.1 Å². The van der Waals surface area contributed by atoms with E-state index in [-0.39, 0.29) is 17.8 Å². The van der Waals surface area contributed by atoms with Crippen LogP contribution in [-0.2, 0) is 0 Å². The van der Waals surface area contributed by atoms with Crippen LogP contribution in [0.1, 0.15) is 23.2 Å². The van der Waals surface area contributed by atoms with Crippen molar-refractivity contribution in [1.29, 1.82) is 0 Å². The van der Waals surface area contributed by atoms with Crippen molar-refractivity contribution < 1.29 is 9.18 Å². The number of anilines is 1. The Morgan fingerprint density at radius 1 is 1.38 bits per heavy atom. The molecule has 110 valence electrons. The number of likely N-dealkylation sites (tertiary alicyclic amines) is 1. The van der Waals surface area contributed by atoms with Gasteiger partial charge in [-0.25, -0.2) is 4.39 Å². The minimum Gasteiger partial charge on any atom is -0.380 e. The van der Waals surface area contributed by atoms with E-state index in [1.807, 2.05) is 27.8 Å². The van der Waals surface area contributed by atoms with Gasteiger partial charge in [-0.1, -0.05) is 6.07 Å². The van der Waals surface area contributed by atoms with Crippen LogP contribution in [0, 0.1) is 5.82 Å². The number of nitrogens with zero attached hydrogens (tertiary/aromatic N) is 1. The number of nitrogens with one attached hydrogen (secondary N) is 1. The van der Waals surface area contributed by atoms with Gasteiger partial charge in [-0.2, -0.15) is 11.3 Å². The number of halogens is 1. The van der Waals surface area contributed by atoms with Gasteiger partial charge in [-0.3, -0.25) is 4.79 Å². The highest BCUT2D eigenvalue weighted by Gasteiger charge is 2.24. The summed E-state index contributed by atoms with van der Waals surface area (Å²) in [6.45, 7) is 1.45. The fourth-order valence-electron chi connectivity index (χ4n) is 2.66. The van der Waals surface area contributed by atoms with Gasteiger partial charge in [0.25, 0.3) is 5.91 Å². The quantitative estimate of drug-likeness (QED) is 0.939. The molecule has 0 aliphatic carbocycles. The molecule has 1 atom stereocenters. The standard InChI is InChI=1S/C16H17FN2OS/c17-13-3-1-4-14(9-13)18-15-5-2-7-19(10-15)16(20)12-6-8-21-11-12/h1,3-4,6,8-9,11,15,18H,2,5,7,10H2/t15-/m0/s1. The lowest BCUT2D eigenvalue weighted by molar-refractivity contribution is 0.0715. The third-order valence-corrected chi connectivity index (χ3v) is 4.36. The van der Waals surface area contributed by atoms with Gasteiger partial charge < -0.3 is 10.2 Å². The third-order valence-electron chi connectivity index (χ3n) is 3.67. The summed E-state index contributed by atoms with van der Waals surface area (Å²) in [5.41, 5.74) is 1.52. The molecule has 1 aromatic carbocycles. The molecule has 2 heterocycles. The molecule has 0 bridgehead atoms. The smallest absolute Gasteiger partial charge is 0.254 e. The Bertz CT molecular complexity index is 614. The predicted molar refractivity (Wildman–Crippen MR) is 83.3 cm³/mol. The van der Waals surface area contributed by atoms with Crippen LogP contribution in [0.3, 0.4) is 0 Å². The molecule has 1 aliphatic rings. The number of hydrogen-bond donors (Lipinski definition) is 1. The van der Waals surface area contributed by atoms with Crippen LogP contribution >= 0.6 is 11.3 Å². The van der Waals surface area contributed by atoms with E-state index in [0.29, 0.717) is 6.54 Å². The molecule has 0 unspecified atom stereocenters. The highest BCUT2D eigenvalue weighted by molar-refractivity contribution is 7.08. The molecular formula is C16H17FN2OS. The number of carbonyl (C=O) groups excluding carboxylic acids is 1. The molecule has 5 heteroatoms. The largest absolute Gasteiger partial charge is 0.380 e. The van der Waals surface area contributed by atoms with E-state index in [1.54, 1.807) is 6.07 Å². The molecule has 1 aliphatic heterocycles. The Morgan fingerprint density at radius 2 is 2.29 bits per heavy atom. The minimum absolute atomic E-state index is 0.0852. The summed E-state index contributed by atoms with van der Waals surface area (Å²) < 4.78 is 13.2. The first-order chi connectivity index (χ1) is 10.2. The maximum atomic E-state index is 13.2. The number of amides is 1. The first-order valence-electron chi connectivity index (χ1n) is 7.06. The van der Waals surface area contributed by atoms with E-state index < -0.39 is 0 Å². The maximum absolute atomic E-state index is 13.2. The predicted octanol–water partition coefficient (Wildman–Crippen LogP) is 3.60. The molecule has 1 amide bonds. The van der Waals surface area contributed by atoms with Crippen LogP contribution in [0.5, 0.6) is 0 Å². The maximum Gasteiger partial charge on any atom is 0.254 e. The summed E-state index contributed by atoms with van der Waals surface area (Å²) in [4.78, 5) is 14.2. The molecule has 1 saturated heterocycles. The fraction of sp³-hybridized carbons (Fsp3) is 0.312. The summed E-state index contributed by atoms with van der Waals surface area (Å²) in [6.07, 6.45) is 1.95. The lowest BCUT2D eigenvalue weighted by Gasteiger charge is -2.33. The van der Waals surface area contributed by atoms with Gasteiger partial charge in [0, 0.05) is 30.2 Å². The van der Waals surface area contributed by atoms with Gasteiger partial charge in [0.05, 0.1) is 5.56 Å². The van der Waals surface area contributed by atoms with E-state index in [4.69, 9.17) is 0 Å². The Labute approximate surface area is 127 Å². The van der Waals surface area contributed by atoms with Gasteiger partial charge in [0.15, 0.2) is 0 Å². The van der Waals surface area contributed by atoms with E-state index in [0.717, 1.165) is 30.6 Å². The molecule has 21 heavy (non-hydrogen) atoms. The zero-order valence-corrected chi connectivity index (χ0v) is 12.4. The average molecular weight is 304 g/mol. The van der Waals surface area contributed by atoms with E-state index in [2.05, 4.69) is 5.32 Å². The van der Waals surface area contributed by atoms with Gasteiger partial charge in [-0.05, 0) is 42.5 Å². The molecule has 3 nitrogen and oxygen atoms in total. The Hall–Kier alpha value is -1.88.